The first kappa shape index (κ1) is 19.2. The van der Waals surface area contributed by atoms with Crippen LogP contribution in [-0.4, -0.2) is 31.4 Å². The number of anilines is 3. The van der Waals surface area contributed by atoms with Crippen LogP contribution in [0.2, 0.25) is 0 Å². The summed E-state index contributed by atoms with van der Waals surface area (Å²) in [5, 5.41) is 14.1. The van der Waals surface area contributed by atoms with Crippen LogP contribution >= 0.6 is 0 Å². The second kappa shape index (κ2) is 7.05. The van der Waals surface area contributed by atoms with Crippen molar-refractivity contribution in [3.63, 3.8) is 0 Å². The molecule has 0 saturated carbocycles. The summed E-state index contributed by atoms with van der Waals surface area (Å²) in [5.74, 6) is 0.594. The number of hydrogen-bond acceptors (Lipinski definition) is 7. The molecule has 2 N–H and O–H groups in total. The Labute approximate surface area is 164 Å². The van der Waals surface area contributed by atoms with Gasteiger partial charge < -0.3 is 15.2 Å². The van der Waals surface area contributed by atoms with E-state index in [1.54, 1.807) is 24.7 Å². The molecule has 29 heavy (non-hydrogen) atoms. The highest BCUT2D eigenvalue weighted by atomic mass is 19.4. The number of aryl methyl sites for hydroxylation is 2. The van der Waals surface area contributed by atoms with Crippen molar-refractivity contribution in [3.05, 3.63) is 40.7 Å². The van der Waals surface area contributed by atoms with Crippen LogP contribution in [0.4, 0.5) is 30.6 Å². The third-order valence-electron chi connectivity index (χ3n) is 4.91. The van der Waals surface area contributed by atoms with E-state index in [4.69, 9.17) is 4.52 Å². The monoisotopic (exact) mass is 407 g/mol. The van der Waals surface area contributed by atoms with E-state index in [9.17, 15) is 13.2 Å². The van der Waals surface area contributed by atoms with Gasteiger partial charge in [-0.2, -0.15) is 23.3 Å². The van der Waals surface area contributed by atoms with Gasteiger partial charge in [-0.05, 0) is 33.6 Å². The Morgan fingerprint density at radius 3 is 2.79 bits per heavy atom. The van der Waals surface area contributed by atoms with Crippen molar-refractivity contribution >= 4 is 17.5 Å². The molecule has 1 aliphatic carbocycles. The van der Waals surface area contributed by atoms with Crippen molar-refractivity contribution in [2.45, 2.75) is 45.8 Å². The molecule has 4 rings (SSSR count). The van der Waals surface area contributed by atoms with E-state index in [-0.39, 0.29) is 17.8 Å². The molecule has 8 nitrogen and oxygen atoms in total. The van der Waals surface area contributed by atoms with Crippen molar-refractivity contribution in [1.82, 2.24) is 24.9 Å². The van der Waals surface area contributed by atoms with Gasteiger partial charge in [-0.1, -0.05) is 5.16 Å². The van der Waals surface area contributed by atoms with Crippen LogP contribution in [0, 0.1) is 13.8 Å². The summed E-state index contributed by atoms with van der Waals surface area (Å²) in [6.45, 7) is 5.72. The van der Waals surface area contributed by atoms with Crippen molar-refractivity contribution in [1.29, 1.82) is 0 Å². The van der Waals surface area contributed by atoms with Crippen molar-refractivity contribution in [3.8, 4) is 0 Å². The lowest BCUT2D eigenvalue weighted by Crippen LogP contribution is -2.14. The summed E-state index contributed by atoms with van der Waals surface area (Å²) < 4.78 is 46.6. The van der Waals surface area contributed by atoms with Gasteiger partial charge in [0, 0.05) is 24.5 Å². The fourth-order valence-electron chi connectivity index (χ4n) is 3.47. The van der Waals surface area contributed by atoms with Gasteiger partial charge in [0.2, 0.25) is 5.95 Å². The van der Waals surface area contributed by atoms with Crippen molar-refractivity contribution in [2.24, 2.45) is 0 Å². The molecular formula is C18H20F3N7O. The summed E-state index contributed by atoms with van der Waals surface area (Å²) in [4.78, 5) is 7.82. The molecule has 0 radical (unpaired) electrons. The maximum Gasteiger partial charge on any atom is 0.421 e. The number of nitrogens with one attached hydrogen (secondary N) is 2. The molecule has 3 heterocycles. The Bertz CT molecular complexity index is 1040. The number of fused-ring (bicyclic) bond motifs is 1. The second-order valence-corrected chi connectivity index (χ2v) is 6.88. The SMILES string of the molecule is CCNc1nc(Nc2cn([C@@H]3CCc4c(C)noc43)nc2C)ncc1C(F)(F)F. The normalized spacial score (nSPS) is 16.1. The minimum atomic E-state index is -4.54. The minimum Gasteiger partial charge on any atom is -0.370 e. The maximum absolute atomic E-state index is 13.1. The van der Waals surface area contributed by atoms with Crippen LogP contribution in [0.3, 0.4) is 0 Å². The molecule has 0 fully saturated rings. The third kappa shape index (κ3) is 3.52. The van der Waals surface area contributed by atoms with E-state index in [0.717, 1.165) is 36.1 Å². The predicted molar refractivity (Wildman–Crippen MR) is 99.1 cm³/mol. The van der Waals surface area contributed by atoms with Gasteiger partial charge in [-0.25, -0.2) is 4.98 Å². The van der Waals surface area contributed by atoms with Gasteiger partial charge in [-0.15, -0.1) is 0 Å². The van der Waals surface area contributed by atoms with Gasteiger partial charge in [0.05, 0.1) is 17.1 Å². The van der Waals surface area contributed by atoms with Crippen molar-refractivity contribution in [2.75, 3.05) is 17.2 Å². The first-order valence-corrected chi connectivity index (χ1v) is 9.23. The molecule has 0 saturated heterocycles. The number of alkyl halides is 3. The summed E-state index contributed by atoms with van der Waals surface area (Å²) in [7, 11) is 0. The van der Waals surface area contributed by atoms with Crippen LogP contribution < -0.4 is 10.6 Å². The Morgan fingerprint density at radius 1 is 1.28 bits per heavy atom. The first-order chi connectivity index (χ1) is 13.8. The van der Waals surface area contributed by atoms with Crippen LogP contribution in [0.25, 0.3) is 0 Å². The Balaban J connectivity index is 1.60. The van der Waals surface area contributed by atoms with Crippen LogP contribution in [-0.2, 0) is 12.6 Å². The molecule has 0 spiro atoms. The first-order valence-electron chi connectivity index (χ1n) is 9.23. The van der Waals surface area contributed by atoms with E-state index in [0.29, 0.717) is 17.9 Å². The quantitative estimate of drug-likeness (QED) is 0.660. The predicted octanol–water partition coefficient (Wildman–Crippen LogP) is 4.01. The molecule has 0 amide bonds. The molecule has 0 aliphatic heterocycles. The third-order valence-corrected chi connectivity index (χ3v) is 4.91. The molecule has 0 aromatic carbocycles. The van der Waals surface area contributed by atoms with Crippen LogP contribution in [0.15, 0.2) is 16.9 Å². The van der Waals surface area contributed by atoms with Gasteiger partial charge >= 0.3 is 6.18 Å². The average molecular weight is 407 g/mol. The number of aromatic nitrogens is 5. The maximum atomic E-state index is 13.1. The zero-order chi connectivity index (χ0) is 20.8. The zero-order valence-electron chi connectivity index (χ0n) is 16.1. The Kier molecular flexibility index (Phi) is 4.67. The van der Waals surface area contributed by atoms with E-state index in [1.807, 2.05) is 6.92 Å². The Morgan fingerprint density at radius 2 is 2.07 bits per heavy atom. The fourth-order valence-corrected chi connectivity index (χ4v) is 3.47. The van der Waals surface area contributed by atoms with Gasteiger partial charge in [0.15, 0.2) is 5.76 Å². The molecular weight excluding hydrogens is 387 g/mol. The highest BCUT2D eigenvalue weighted by molar-refractivity contribution is 5.58. The van der Waals surface area contributed by atoms with E-state index in [2.05, 4.69) is 30.9 Å². The smallest absolute Gasteiger partial charge is 0.370 e. The topological polar surface area (TPSA) is 93.7 Å². The van der Waals surface area contributed by atoms with Gasteiger partial charge in [-0.3, -0.25) is 4.68 Å². The molecule has 0 unspecified atom stereocenters. The van der Waals surface area contributed by atoms with Gasteiger partial charge in [0.25, 0.3) is 0 Å². The molecule has 3 aromatic heterocycles. The van der Waals surface area contributed by atoms with Crippen LogP contribution in [0.1, 0.15) is 47.7 Å². The van der Waals surface area contributed by atoms with E-state index in [1.165, 1.54) is 0 Å². The lowest BCUT2D eigenvalue weighted by Gasteiger charge is -2.13. The molecule has 154 valence electrons. The fraction of sp³-hybridized carbons (Fsp3) is 0.444. The summed E-state index contributed by atoms with van der Waals surface area (Å²) in [6, 6.07) is -0.0636. The minimum absolute atomic E-state index is 0.0548. The lowest BCUT2D eigenvalue weighted by atomic mass is 10.2. The number of nitrogens with zero attached hydrogens (tertiary/aromatic N) is 5. The Hall–Kier alpha value is -3.11. The largest absolute Gasteiger partial charge is 0.421 e. The van der Waals surface area contributed by atoms with E-state index < -0.39 is 11.7 Å². The second-order valence-electron chi connectivity index (χ2n) is 6.88. The van der Waals surface area contributed by atoms with Crippen molar-refractivity contribution < 1.29 is 17.7 Å². The average Bonchev–Trinajstić information content (AvgIpc) is 3.32. The van der Waals surface area contributed by atoms with E-state index >= 15 is 0 Å². The number of hydrogen-bond donors (Lipinski definition) is 2. The van der Waals surface area contributed by atoms with Gasteiger partial charge in [0.1, 0.15) is 17.4 Å². The molecule has 1 aliphatic rings. The molecule has 0 bridgehead atoms. The zero-order valence-corrected chi connectivity index (χ0v) is 16.1. The number of rotatable bonds is 5. The molecule has 3 aromatic rings. The summed E-state index contributed by atoms with van der Waals surface area (Å²) in [6.07, 6.45) is -0.273. The van der Waals surface area contributed by atoms with Crippen LogP contribution in [0.5, 0.6) is 0 Å². The molecule has 11 heteroatoms. The highest BCUT2D eigenvalue weighted by Gasteiger charge is 2.35. The standard InChI is InChI=1S/C18H20F3N7O/c1-4-22-16-12(18(19,20)21)7-23-17(25-16)24-13-8-28(26-10(13)3)14-6-5-11-9(2)27-29-15(11)14/h7-8,14H,4-6H2,1-3H3,(H2,22,23,24,25)/t14-/m1/s1. The number of halogens is 3. The summed E-state index contributed by atoms with van der Waals surface area (Å²) >= 11 is 0. The molecule has 1 atom stereocenters. The highest BCUT2D eigenvalue weighted by Crippen LogP contribution is 2.37. The summed E-state index contributed by atoms with van der Waals surface area (Å²) in [5.41, 5.74) is 2.37. The lowest BCUT2D eigenvalue weighted by molar-refractivity contribution is -0.137.